The average molecular weight is 518 g/mol. The number of hydrogen-bond acceptors (Lipinski definition) is 7. The molecule has 3 heterocycles. The minimum absolute atomic E-state index is 0.00362. The van der Waals surface area contributed by atoms with Crippen molar-refractivity contribution in [1.82, 2.24) is 14.5 Å². The molecule has 0 spiro atoms. The van der Waals surface area contributed by atoms with Gasteiger partial charge in [-0.1, -0.05) is 23.8 Å². The van der Waals surface area contributed by atoms with Gasteiger partial charge in [-0.15, -0.1) is 11.8 Å². The lowest BCUT2D eigenvalue weighted by Crippen LogP contribution is -2.32. The Bertz CT molecular complexity index is 1480. The zero-order chi connectivity index (χ0) is 26.3. The lowest BCUT2D eigenvalue weighted by molar-refractivity contribution is -0.141. The number of carbonyl (C=O) groups excluding carboxylic acids is 1. The van der Waals surface area contributed by atoms with E-state index in [1.54, 1.807) is 16.3 Å². The van der Waals surface area contributed by atoms with Crippen LogP contribution in [0.2, 0.25) is 0 Å². The Hall–Kier alpha value is -3.39. The second kappa shape index (κ2) is 10.2. The molecule has 0 N–H and O–H groups in total. The summed E-state index contributed by atoms with van der Waals surface area (Å²) in [5, 5.41) is 0. The van der Waals surface area contributed by atoms with E-state index in [-0.39, 0.29) is 17.4 Å². The van der Waals surface area contributed by atoms with Gasteiger partial charge in [0.2, 0.25) is 0 Å². The Balaban J connectivity index is 1.44. The van der Waals surface area contributed by atoms with Gasteiger partial charge in [-0.2, -0.15) is 0 Å². The van der Waals surface area contributed by atoms with Gasteiger partial charge >= 0.3 is 5.97 Å². The molecule has 0 fully saturated rings. The third-order valence-corrected chi connectivity index (χ3v) is 8.23. The molecule has 192 valence electrons. The summed E-state index contributed by atoms with van der Waals surface area (Å²) in [5.41, 5.74) is 7.40. The van der Waals surface area contributed by atoms with E-state index in [9.17, 15) is 9.59 Å². The van der Waals surface area contributed by atoms with Gasteiger partial charge in [-0.05, 0) is 51.8 Å². The first-order valence-electron chi connectivity index (χ1n) is 12.5. The standard InChI is InChI=1S/C29H31N3O4S/c1-16-6-8-24-22(13-16)28(33)32(19(4)31-24)10-11-36-25-9-7-17(2)12-20(25)21-14-18(3)30-26-23(29(34)35-5)15-37-27(21)26/h7,9,12,14,23H,1,6,8,10-11,13,15H2,2-5H3. The van der Waals surface area contributed by atoms with Crippen LogP contribution < -0.4 is 10.3 Å². The molecule has 0 radical (unpaired) electrons. The van der Waals surface area contributed by atoms with Crippen LogP contribution in [0.5, 0.6) is 5.75 Å². The second-order valence-electron chi connectivity index (χ2n) is 9.73. The van der Waals surface area contributed by atoms with Crippen molar-refractivity contribution in [2.24, 2.45) is 0 Å². The number of hydrogen-bond donors (Lipinski definition) is 0. The molecule has 5 rings (SSSR count). The lowest BCUT2D eigenvalue weighted by Gasteiger charge is -2.20. The van der Waals surface area contributed by atoms with Crippen molar-refractivity contribution in [2.45, 2.75) is 57.4 Å². The Kier molecular flexibility index (Phi) is 6.94. The molecule has 0 amide bonds. The highest BCUT2D eigenvalue weighted by Gasteiger charge is 2.34. The van der Waals surface area contributed by atoms with Gasteiger partial charge in [-0.25, -0.2) is 4.98 Å². The van der Waals surface area contributed by atoms with Gasteiger partial charge in [0.05, 0.1) is 25.0 Å². The summed E-state index contributed by atoms with van der Waals surface area (Å²) in [6.07, 6.45) is 2.26. The molecule has 0 bridgehead atoms. The van der Waals surface area contributed by atoms with E-state index in [0.29, 0.717) is 31.1 Å². The number of allylic oxidation sites excluding steroid dienone is 1. The van der Waals surface area contributed by atoms with E-state index in [1.165, 1.54) is 7.11 Å². The molecule has 8 heteroatoms. The Morgan fingerprint density at radius 1 is 1.16 bits per heavy atom. The minimum Gasteiger partial charge on any atom is -0.491 e. The van der Waals surface area contributed by atoms with Crippen LogP contribution >= 0.6 is 11.8 Å². The van der Waals surface area contributed by atoms with Gasteiger partial charge in [0.25, 0.3) is 5.56 Å². The van der Waals surface area contributed by atoms with Crippen LogP contribution in [0.4, 0.5) is 0 Å². The Morgan fingerprint density at radius 2 is 1.97 bits per heavy atom. The minimum atomic E-state index is -0.375. The van der Waals surface area contributed by atoms with Crippen molar-refractivity contribution < 1.29 is 14.3 Å². The summed E-state index contributed by atoms with van der Waals surface area (Å²) in [6.45, 7) is 10.6. The molecule has 37 heavy (non-hydrogen) atoms. The smallest absolute Gasteiger partial charge is 0.315 e. The zero-order valence-electron chi connectivity index (χ0n) is 21.7. The van der Waals surface area contributed by atoms with Crippen molar-refractivity contribution in [2.75, 3.05) is 19.5 Å². The van der Waals surface area contributed by atoms with Crippen LogP contribution in [0, 0.1) is 20.8 Å². The summed E-state index contributed by atoms with van der Waals surface area (Å²) < 4.78 is 13.0. The maximum Gasteiger partial charge on any atom is 0.315 e. The molecule has 3 aromatic rings. The monoisotopic (exact) mass is 517 g/mol. The molecule has 0 saturated heterocycles. The molecule has 1 atom stereocenters. The van der Waals surface area contributed by atoms with Gasteiger partial charge < -0.3 is 9.47 Å². The molecule has 2 aromatic heterocycles. The number of fused-ring (bicyclic) bond motifs is 2. The molecule has 1 aliphatic heterocycles. The third-order valence-electron chi connectivity index (χ3n) is 7.02. The predicted octanol–water partition coefficient (Wildman–Crippen LogP) is 4.72. The average Bonchev–Trinajstić information content (AvgIpc) is 3.30. The number of thioether (sulfide) groups is 1. The zero-order valence-corrected chi connectivity index (χ0v) is 22.5. The fourth-order valence-corrected chi connectivity index (χ4v) is 6.39. The molecule has 7 nitrogen and oxygen atoms in total. The first-order chi connectivity index (χ1) is 17.8. The summed E-state index contributed by atoms with van der Waals surface area (Å²) >= 11 is 1.62. The van der Waals surface area contributed by atoms with Gasteiger partial charge in [0.15, 0.2) is 0 Å². The quantitative estimate of drug-likeness (QED) is 0.346. The Labute approximate surface area is 220 Å². The van der Waals surface area contributed by atoms with Crippen LogP contribution in [0.15, 0.2) is 46.1 Å². The third kappa shape index (κ3) is 4.82. The fourth-order valence-electron chi connectivity index (χ4n) is 5.11. The van der Waals surface area contributed by atoms with Crippen LogP contribution in [-0.4, -0.2) is 40.0 Å². The van der Waals surface area contributed by atoms with E-state index in [1.807, 2.05) is 39.0 Å². The molecule has 1 aromatic carbocycles. The van der Waals surface area contributed by atoms with Crippen molar-refractivity contribution in [1.29, 1.82) is 0 Å². The maximum atomic E-state index is 13.2. The number of esters is 1. The number of aromatic nitrogens is 3. The van der Waals surface area contributed by atoms with Crippen molar-refractivity contribution in [3.05, 3.63) is 80.8 Å². The summed E-state index contributed by atoms with van der Waals surface area (Å²) in [6, 6.07) is 8.12. The number of rotatable bonds is 6. The van der Waals surface area contributed by atoms with Crippen molar-refractivity contribution >= 4 is 17.7 Å². The number of aryl methyl sites for hydroxylation is 4. The van der Waals surface area contributed by atoms with E-state index < -0.39 is 0 Å². The van der Waals surface area contributed by atoms with Crippen LogP contribution in [0.1, 0.15) is 46.4 Å². The lowest BCUT2D eigenvalue weighted by atomic mass is 9.93. The number of carbonyl (C=O) groups is 1. The topological polar surface area (TPSA) is 83.3 Å². The molecular formula is C29H31N3O4S. The first-order valence-corrected chi connectivity index (χ1v) is 13.5. The van der Waals surface area contributed by atoms with E-state index >= 15 is 0 Å². The second-order valence-corrected chi connectivity index (χ2v) is 10.8. The Morgan fingerprint density at radius 3 is 2.76 bits per heavy atom. The fraction of sp³-hybridized carbons (Fsp3) is 0.379. The van der Waals surface area contributed by atoms with E-state index in [2.05, 4.69) is 12.6 Å². The van der Waals surface area contributed by atoms with E-state index in [4.69, 9.17) is 19.4 Å². The summed E-state index contributed by atoms with van der Waals surface area (Å²) in [5.74, 6) is 1.40. The molecular weight excluding hydrogens is 486 g/mol. The van der Waals surface area contributed by atoms with Crippen LogP contribution in [-0.2, 0) is 28.9 Å². The number of benzene rings is 1. The number of methoxy groups -OCH3 is 1. The normalized spacial score (nSPS) is 16.3. The predicted molar refractivity (Wildman–Crippen MR) is 145 cm³/mol. The number of nitrogens with zero attached hydrogens (tertiary/aromatic N) is 3. The number of pyridine rings is 1. The van der Waals surface area contributed by atoms with Gasteiger partial charge in [0, 0.05) is 39.5 Å². The van der Waals surface area contributed by atoms with Crippen molar-refractivity contribution in [3.63, 3.8) is 0 Å². The highest BCUT2D eigenvalue weighted by Crippen LogP contribution is 2.47. The van der Waals surface area contributed by atoms with Gasteiger partial charge in [-0.3, -0.25) is 19.1 Å². The maximum absolute atomic E-state index is 13.2. The number of ether oxygens (including phenoxy) is 2. The molecule has 1 unspecified atom stereocenters. The highest BCUT2D eigenvalue weighted by atomic mass is 32.2. The van der Waals surface area contributed by atoms with Crippen LogP contribution in [0.25, 0.3) is 11.1 Å². The van der Waals surface area contributed by atoms with Crippen LogP contribution in [0.3, 0.4) is 0 Å². The molecule has 2 aliphatic rings. The van der Waals surface area contributed by atoms with Gasteiger partial charge in [0.1, 0.15) is 24.1 Å². The molecule has 0 saturated carbocycles. The summed E-state index contributed by atoms with van der Waals surface area (Å²) in [7, 11) is 1.41. The van der Waals surface area contributed by atoms with Crippen molar-refractivity contribution in [3.8, 4) is 16.9 Å². The highest BCUT2D eigenvalue weighted by molar-refractivity contribution is 7.99. The van der Waals surface area contributed by atoms with E-state index in [0.717, 1.165) is 68.4 Å². The SMILES string of the molecule is C=C1CCc2nc(C)n(CCOc3ccc(C)cc3-c3cc(C)nc4c3SCC4C(=O)OC)c(=O)c2C1. The molecule has 1 aliphatic carbocycles. The first kappa shape index (κ1) is 25.3. The largest absolute Gasteiger partial charge is 0.491 e. The summed E-state index contributed by atoms with van der Waals surface area (Å²) in [4.78, 5) is 36.0.